The standard InChI is InChI=1S/C25H28N8O12S2/c1-25(2,22(40)41)45-30-19(14-10-46-23(26)28-14)16(36)6-12-9-32(21(12)39)18(38)11-47(43,44)33-24(42)31(4-3-5-34)20(29-33)13-7-15(35)17(37)8-27-13/h7-8,10,12,34,37H,3-6,9,11H2,1-2H3,(H2,26,28)(H,27,35)(H,40,41)/b30-19-/t12-/m0/s1. The molecule has 0 unspecified atom stereocenters. The summed E-state index contributed by atoms with van der Waals surface area (Å²) in [6, 6.07) is 0.869. The molecule has 1 fully saturated rings. The number of anilines is 1. The van der Waals surface area contributed by atoms with Crippen LogP contribution in [0.2, 0.25) is 0 Å². The quantitative estimate of drug-likeness (QED) is 0.0687. The summed E-state index contributed by atoms with van der Waals surface area (Å²) in [6.45, 7) is 1.40. The van der Waals surface area contributed by atoms with Crippen LogP contribution >= 0.6 is 11.3 Å². The van der Waals surface area contributed by atoms with E-state index in [9.17, 15) is 52.5 Å². The number of rotatable bonds is 14. The van der Waals surface area contributed by atoms with Crippen molar-refractivity contribution in [2.24, 2.45) is 11.1 Å². The minimum Gasteiger partial charge on any atom is -0.503 e. The van der Waals surface area contributed by atoms with Gasteiger partial charge in [0.1, 0.15) is 5.69 Å². The number of aromatic nitrogens is 5. The van der Waals surface area contributed by atoms with Gasteiger partial charge in [0.05, 0.1) is 11.6 Å². The Morgan fingerprint density at radius 3 is 2.53 bits per heavy atom. The molecule has 0 radical (unpaired) electrons. The summed E-state index contributed by atoms with van der Waals surface area (Å²) in [7, 11) is -4.85. The Morgan fingerprint density at radius 2 is 1.96 bits per heavy atom. The largest absolute Gasteiger partial charge is 0.503 e. The van der Waals surface area contributed by atoms with Crippen LogP contribution in [0.15, 0.2) is 32.4 Å². The fourth-order valence-corrected chi connectivity index (χ4v) is 5.78. The predicted molar refractivity (Wildman–Crippen MR) is 161 cm³/mol. The summed E-state index contributed by atoms with van der Waals surface area (Å²) in [6.07, 6.45) is 0.372. The Bertz CT molecular complexity index is 2010. The Kier molecular flexibility index (Phi) is 9.77. The number of aliphatic carboxylic acids is 1. The van der Waals surface area contributed by atoms with Crippen molar-refractivity contribution in [2.45, 2.75) is 38.8 Å². The van der Waals surface area contributed by atoms with Gasteiger partial charge in [0.25, 0.3) is 10.0 Å². The fraction of sp³-hybridized carbons (Fsp3) is 0.400. The van der Waals surface area contributed by atoms with Crippen molar-refractivity contribution in [3.05, 3.63) is 44.0 Å². The molecular formula is C25H28N8O12S2. The van der Waals surface area contributed by atoms with Gasteiger partial charge < -0.3 is 30.9 Å². The van der Waals surface area contributed by atoms with E-state index in [1.807, 2.05) is 0 Å². The molecule has 47 heavy (non-hydrogen) atoms. The van der Waals surface area contributed by atoms with Crippen LogP contribution in [0.5, 0.6) is 5.75 Å². The smallest absolute Gasteiger partial charge is 0.360 e. The van der Waals surface area contributed by atoms with E-state index in [0.29, 0.717) is 4.90 Å². The number of aliphatic hydroxyl groups excluding tert-OH is 1. The molecule has 6 N–H and O–H groups in total. The van der Waals surface area contributed by atoms with Crippen LogP contribution in [0.1, 0.15) is 32.4 Å². The molecule has 1 aliphatic rings. The van der Waals surface area contributed by atoms with Crippen molar-refractivity contribution in [1.29, 1.82) is 0 Å². The van der Waals surface area contributed by atoms with Crippen molar-refractivity contribution >= 4 is 55.8 Å². The summed E-state index contributed by atoms with van der Waals surface area (Å²) in [5.41, 5.74) is 1.12. The minimum absolute atomic E-state index is 0.00595. The molecule has 0 aliphatic carbocycles. The second kappa shape index (κ2) is 13.3. The maximum atomic E-state index is 13.1. The minimum atomic E-state index is -4.85. The maximum Gasteiger partial charge on any atom is 0.360 e. The monoisotopic (exact) mass is 696 g/mol. The van der Waals surface area contributed by atoms with Gasteiger partial charge in [-0.1, -0.05) is 5.16 Å². The number of ketones is 1. The highest BCUT2D eigenvalue weighted by molar-refractivity contribution is 7.90. The third kappa shape index (κ3) is 7.28. The number of aromatic hydroxyl groups is 1. The van der Waals surface area contributed by atoms with Gasteiger partial charge >= 0.3 is 11.7 Å². The van der Waals surface area contributed by atoms with Crippen LogP contribution in [-0.2, 0) is 40.6 Å². The molecule has 0 saturated carbocycles. The van der Waals surface area contributed by atoms with Crippen molar-refractivity contribution in [1.82, 2.24) is 28.6 Å². The van der Waals surface area contributed by atoms with E-state index >= 15 is 0 Å². The van der Waals surface area contributed by atoms with E-state index in [1.165, 1.54) is 19.2 Å². The lowest BCUT2D eigenvalue weighted by molar-refractivity contribution is -0.161. The molecule has 0 spiro atoms. The first kappa shape index (κ1) is 34.6. The zero-order chi connectivity index (χ0) is 34.8. The number of hydrogen-bond acceptors (Lipinski definition) is 16. The highest BCUT2D eigenvalue weighted by Crippen LogP contribution is 2.24. The summed E-state index contributed by atoms with van der Waals surface area (Å²) in [5, 5.41) is 36.9. The van der Waals surface area contributed by atoms with Gasteiger partial charge in [0, 0.05) is 43.8 Å². The molecule has 252 valence electrons. The Morgan fingerprint density at radius 1 is 1.26 bits per heavy atom. The average Bonchev–Trinajstić information content (AvgIpc) is 3.57. The number of carboxylic acids is 1. The lowest BCUT2D eigenvalue weighted by atomic mass is 9.91. The van der Waals surface area contributed by atoms with Crippen LogP contribution < -0.4 is 16.9 Å². The SMILES string of the molecule is CC(C)(O/N=C(\C(=O)C[C@H]1CN(C(=O)CS(=O)(=O)n2nc(-c3cc(=O)c(O)c[nH]3)n(CCCO)c2=O)C1=O)c1csc(N)n1)C(=O)O. The molecule has 0 bridgehead atoms. The highest BCUT2D eigenvalue weighted by atomic mass is 32.2. The number of nitrogens with two attached hydrogens (primary N) is 1. The van der Waals surface area contributed by atoms with Crippen LogP contribution in [0.3, 0.4) is 0 Å². The van der Waals surface area contributed by atoms with E-state index in [-0.39, 0.29) is 52.5 Å². The number of pyridine rings is 1. The first-order chi connectivity index (χ1) is 22.0. The number of nitrogens with one attached hydrogen (secondary N) is 1. The van der Waals surface area contributed by atoms with Gasteiger partial charge in [-0.25, -0.2) is 23.0 Å². The highest BCUT2D eigenvalue weighted by Gasteiger charge is 2.44. The third-order valence-corrected chi connectivity index (χ3v) is 8.79. The van der Waals surface area contributed by atoms with Crippen molar-refractivity contribution < 1.29 is 47.8 Å². The van der Waals surface area contributed by atoms with Crippen LogP contribution in [0.4, 0.5) is 5.13 Å². The van der Waals surface area contributed by atoms with Crippen molar-refractivity contribution in [3.63, 3.8) is 0 Å². The van der Waals surface area contributed by atoms with Gasteiger partial charge in [-0.3, -0.25) is 28.6 Å². The number of thiazole rings is 1. The first-order valence-corrected chi connectivity index (χ1v) is 16.0. The molecule has 3 aromatic heterocycles. The van der Waals surface area contributed by atoms with Crippen LogP contribution in [0.25, 0.3) is 11.5 Å². The molecule has 4 rings (SSSR count). The second-order valence-corrected chi connectivity index (χ2v) is 13.3. The van der Waals surface area contributed by atoms with Crippen molar-refractivity contribution in [3.8, 4) is 17.3 Å². The van der Waals surface area contributed by atoms with Crippen molar-refractivity contribution in [2.75, 3.05) is 24.6 Å². The first-order valence-electron chi connectivity index (χ1n) is 13.5. The van der Waals surface area contributed by atoms with E-state index < -0.39 is 79.9 Å². The molecule has 22 heteroatoms. The Balaban J connectivity index is 1.50. The van der Waals surface area contributed by atoms with Gasteiger partial charge in [0.2, 0.25) is 22.8 Å². The van der Waals surface area contributed by atoms with Gasteiger partial charge in [-0.05, 0) is 20.3 Å². The van der Waals surface area contributed by atoms with E-state index in [4.69, 9.17) is 10.6 Å². The fourth-order valence-electron chi connectivity index (χ4n) is 4.10. The normalized spacial score (nSPS) is 15.4. The molecule has 2 amide bonds. The Hall–Kier alpha value is -5.22. The van der Waals surface area contributed by atoms with E-state index in [0.717, 1.165) is 28.2 Å². The summed E-state index contributed by atoms with van der Waals surface area (Å²) in [5.74, 6) is -7.74. The molecule has 1 aliphatic heterocycles. The van der Waals surface area contributed by atoms with Gasteiger partial charge in [0.15, 0.2) is 34.0 Å². The zero-order valence-corrected chi connectivity index (χ0v) is 26.3. The number of nitrogen functional groups attached to an aromatic ring is 1. The predicted octanol–water partition coefficient (Wildman–Crippen LogP) is -2.07. The molecule has 20 nitrogen and oxygen atoms in total. The average molecular weight is 697 g/mol. The molecule has 4 heterocycles. The molecule has 0 aromatic carbocycles. The number of carboxylic acid groups (broad SMARTS) is 1. The lowest BCUT2D eigenvalue weighted by Gasteiger charge is -2.36. The number of nitrogens with zero attached hydrogens (tertiary/aromatic N) is 6. The number of hydrogen-bond donors (Lipinski definition) is 5. The maximum absolute atomic E-state index is 13.1. The number of carbonyl (C=O) groups excluding carboxylic acids is 3. The number of imide groups is 1. The third-order valence-electron chi connectivity index (χ3n) is 6.74. The Labute approximate surface area is 267 Å². The zero-order valence-electron chi connectivity index (χ0n) is 24.6. The lowest BCUT2D eigenvalue weighted by Crippen LogP contribution is -2.57. The molecular weight excluding hydrogens is 668 g/mol. The second-order valence-electron chi connectivity index (χ2n) is 10.6. The molecule has 1 atom stereocenters. The number of aromatic amines is 1. The summed E-state index contributed by atoms with van der Waals surface area (Å²) >= 11 is 0.961. The molecule has 3 aromatic rings. The number of Topliss-reactive ketones (excluding diaryl/α,β-unsaturated/α-hetero) is 1. The number of H-pyrrole nitrogens is 1. The van der Waals surface area contributed by atoms with E-state index in [2.05, 4.69) is 20.2 Å². The van der Waals surface area contributed by atoms with E-state index in [1.54, 1.807) is 0 Å². The van der Waals surface area contributed by atoms with Crippen LogP contribution in [0, 0.1) is 5.92 Å². The number of aliphatic hydroxyl groups is 1. The summed E-state index contributed by atoms with van der Waals surface area (Å²) in [4.78, 5) is 87.2. The summed E-state index contributed by atoms with van der Waals surface area (Å²) < 4.78 is 27.1. The molecule has 1 saturated heterocycles. The number of likely N-dealkylation sites (tertiary alicyclic amines) is 1. The van der Waals surface area contributed by atoms with Gasteiger partial charge in [-0.15, -0.1) is 20.5 Å². The number of oxime groups is 1. The van der Waals surface area contributed by atoms with Crippen LogP contribution in [-0.4, -0.2) is 106 Å². The topological polar surface area (TPSA) is 300 Å². The number of β-lactam (4-membered cyclic amide) rings is 1. The number of carbonyl (C=O) groups is 4. The van der Waals surface area contributed by atoms with Gasteiger partial charge in [-0.2, -0.15) is 0 Å². The number of amides is 2.